The number of aryl methyl sites for hydroxylation is 2. The highest BCUT2D eigenvalue weighted by Gasteiger charge is 2.23. The van der Waals surface area contributed by atoms with Crippen LogP contribution in [0, 0.1) is 18.8 Å². The molecular weight excluding hydrogens is 502 g/mol. The molecule has 9 heteroatoms. The van der Waals surface area contributed by atoms with E-state index in [2.05, 4.69) is 27.4 Å². The number of carbonyl (C=O) groups is 1. The van der Waals surface area contributed by atoms with Crippen LogP contribution >= 0.6 is 0 Å². The van der Waals surface area contributed by atoms with Gasteiger partial charge in [-0.15, -0.1) is 0 Å². The molecule has 0 saturated carbocycles. The fourth-order valence-corrected chi connectivity index (χ4v) is 4.81. The van der Waals surface area contributed by atoms with E-state index in [0.717, 1.165) is 0 Å². The molecule has 0 unspecified atom stereocenters. The van der Waals surface area contributed by atoms with Gasteiger partial charge in [0.2, 0.25) is 0 Å². The molecule has 1 N–H and O–H groups in total. The predicted molar refractivity (Wildman–Crippen MR) is 152 cm³/mol. The fraction of sp³-hybridized carbons (Fsp3) is 0.129. The monoisotopic (exact) mass is 527 g/mol. The zero-order chi connectivity index (χ0) is 27.8. The van der Waals surface area contributed by atoms with E-state index in [-0.39, 0.29) is 11.5 Å². The topological polar surface area (TPSA) is 99.1 Å². The van der Waals surface area contributed by atoms with Crippen LogP contribution in [-0.2, 0) is 7.05 Å². The number of rotatable bonds is 4. The molecule has 196 valence electrons. The maximum absolute atomic E-state index is 14.1. The van der Waals surface area contributed by atoms with E-state index >= 15 is 0 Å². The standard InChI is InChI=1S/C31H25N7O2/c1-20-27(26-14-7-8-18-37(26)34-20)30(39)32-21(2)29-33-25-13-9-10-22(15-16-23-17-19-36(3)35-23)28(25)31(40)38(29)24-11-5-4-6-12-24/h4-14,17-19,21H,1-3H3,(H,32,39)/t21-/m0/s1. The Bertz CT molecular complexity index is 2020. The number of carbonyl (C=O) groups excluding carboxylic acids is 1. The number of aromatic nitrogens is 6. The van der Waals surface area contributed by atoms with E-state index in [0.29, 0.717) is 50.4 Å². The highest BCUT2D eigenvalue weighted by Crippen LogP contribution is 2.22. The number of hydrogen-bond acceptors (Lipinski definition) is 5. The second-order valence-electron chi connectivity index (χ2n) is 9.46. The lowest BCUT2D eigenvalue weighted by Gasteiger charge is -2.20. The number of amides is 1. The Balaban J connectivity index is 1.48. The maximum Gasteiger partial charge on any atom is 0.267 e. The van der Waals surface area contributed by atoms with Crippen LogP contribution < -0.4 is 10.9 Å². The van der Waals surface area contributed by atoms with Crippen molar-refractivity contribution in [2.45, 2.75) is 19.9 Å². The number of hydrogen-bond donors (Lipinski definition) is 1. The Morgan fingerprint density at radius 3 is 2.50 bits per heavy atom. The van der Waals surface area contributed by atoms with Crippen molar-refractivity contribution in [3.05, 3.63) is 124 Å². The number of benzene rings is 2. The second kappa shape index (κ2) is 10.0. The molecule has 6 aromatic rings. The van der Waals surface area contributed by atoms with Crippen molar-refractivity contribution in [3.63, 3.8) is 0 Å². The molecule has 2 aromatic carbocycles. The number of pyridine rings is 1. The Kier molecular flexibility index (Phi) is 6.21. The van der Waals surface area contributed by atoms with E-state index in [1.165, 1.54) is 0 Å². The summed E-state index contributed by atoms with van der Waals surface area (Å²) >= 11 is 0. The van der Waals surface area contributed by atoms with Gasteiger partial charge in [0.1, 0.15) is 11.5 Å². The Morgan fingerprint density at radius 1 is 0.925 bits per heavy atom. The van der Waals surface area contributed by atoms with Gasteiger partial charge < -0.3 is 5.32 Å². The predicted octanol–water partition coefficient (Wildman–Crippen LogP) is 3.97. The highest BCUT2D eigenvalue weighted by molar-refractivity contribution is 6.02. The fourth-order valence-electron chi connectivity index (χ4n) is 4.81. The summed E-state index contributed by atoms with van der Waals surface area (Å²) in [5.74, 6) is 6.25. The van der Waals surface area contributed by atoms with Gasteiger partial charge in [-0.25, -0.2) is 9.50 Å². The molecule has 0 aliphatic carbocycles. The lowest BCUT2D eigenvalue weighted by molar-refractivity contribution is 0.0939. The lowest BCUT2D eigenvalue weighted by Crippen LogP contribution is -2.33. The molecule has 4 aromatic heterocycles. The van der Waals surface area contributed by atoms with Crippen molar-refractivity contribution >= 4 is 22.3 Å². The van der Waals surface area contributed by atoms with E-state index in [4.69, 9.17) is 4.98 Å². The summed E-state index contributed by atoms with van der Waals surface area (Å²) in [6.07, 6.45) is 3.61. The first-order chi connectivity index (χ1) is 19.4. The second-order valence-corrected chi connectivity index (χ2v) is 9.46. The summed E-state index contributed by atoms with van der Waals surface area (Å²) in [6.45, 7) is 3.62. The van der Waals surface area contributed by atoms with E-state index in [1.807, 2.05) is 80.8 Å². The van der Waals surface area contributed by atoms with Gasteiger partial charge in [-0.2, -0.15) is 10.2 Å². The third kappa shape index (κ3) is 4.41. The minimum Gasteiger partial charge on any atom is -0.342 e. The van der Waals surface area contributed by atoms with Gasteiger partial charge in [-0.3, -0.25) is 18.8 Å². The molecule has 0 radical (unpaired) electrons. The normalized spacial score (nSPS) is 11.8. The minimum absolute atomic E-state index is 0.273. The third-order valence-corrected chi connectivity index (χ3v) is 6.65. The van der Waals surface area contributed by atoms with Gasteiger partial charge in [0.25, 0.3) is 11.5 Å². The number of nitrogens with zero attached hydrogens (tertiary/aromatic N) is 6. The summed E-state index contributed by atoms with van der Waals surface area (Å²) in [5.41, 5.74) is 3.80. The molecule has 9 nitrogen and oxygen atoms in total. The van der Waals surface area contributed by atoms with Crippen LogP contribution in [-0.4, -0.2) is 34.9 Å². The van der Waals surface area contributed by atoms with E-state index in [1.54, 1.807) is 39.0 Å². The van der Waals surface area contributed by atoms with Crippen molar-refractivity contribution in [1.82, 2.24) is 34.3 Å². The first-order valence-corrected chi connectivity index (χ1v) is 12.8. The molecule has 1 amide bonds. The van der Waals surface area contributed by atoms with Crippen molar-refractivity contribution < 1.29 is 4.79 Å². The average molecular weight is 528 g/mol. The SMILES string of the molecule is Cc1nn2ccccc2c1C(=O)N[C@@H](C)c1nc2cccc(C#Cc3ccn(C)n3)c2c(=O)n1-c1ccccc1. The smallest absolute Gasteiger partial charge is 0.267 e. The number of para-hydroxylation sites is 1. The van der Waals surface area contributed by atoms with Crippen LogP contribution in [0.15, 0.2) is 90.0 Å². The van der Waals surface area contributed by atoms with Crippen molar-refractivity contribution in [2.24, 2.45) is 7.05 Å². The van der Waals surface area contributed by atoms with Crippen LogP contribution in [0.3, 0.4) is 0 Å². The van der Waals surface area contributed by atoms with Gasteiger partial charge in [-0.05, 0) is 62.2 Å². The Morgan fingerprint density at radius 2 is 1.73 bits per heavy atom. The number of nitrogens with one attached hydrogen (secondary N) is 1. The molecule has 0 bridgehead atoms. The molecule has 40 heavy (non-hydrogen) atoms. The van der Waals surface area contributed by atoms with Crippen molar-refractivity contribution in [3.8, 4) is 17.5 Å². The first kappa shape index (κ1) is 24.8. The van der Waals surface area contributed by atoms with Gasteiger partial charge >= 0.3 is 0 Å². The highest BCUT2D eigenvalue weighted by atomic mass is 16.2. The van der Waals surface area contributed by atoms with Crippen molar-refractivity contribution in [2.75, 3.05) is 0 Å². The Hall–Kier alpha value is -5.49. The third-order valence-electron chi connectivity index (χ3n) is 6.65. The van der Waals surface area contributed by atoms with Crippen LogP contribution in [0.5, 0.6) is 0 Å². The van der Waals surface area contributed by atoms with Crippen LogP contribution in [0.25, 0.3) is 22.1 Å². The van der Waals surface area contributed by atoms with Gasteiger partial charge in [0.15, 0.2) is 0 Å². The molecule has 0 spiro atoms. The molecule has 0 aliphatic heterocycles. The molecule has 4 heterocycles. The van der Waals surface area contributed by atoms with E-state index in [9.17, 15) is 9.59 Å². The van der Waals surface area contributed by atoms with E-state index < -0.39 is 6.04 Å². The van der Waals surface area contributed by atoms with Crippen LogP contribution in [0.2, 0.25) is 0 Å². The Labute approximate surface area is 229 Å². The molecule has 0 fully saturated rings. The summed E-state index contributed by atoms with van der Waals surface area (Å²) in [4.78, 5) is 32.5. The molecular formula is C31H25N7O2. The summed E-state index contributed by atoms with van der Waals surface area (Å²) in [5, 5.41) is 12.2. The first-order valence-electron chi connectivity index (χ1n) is 12.8. The summed E-state index contributed by atoms with van der Waals surface area (Å²) in [7, 11) is 1.82. The van der Waals surface area contributed by atoms with Crippen LogP contribution in [0.4, 0.5) is 0 Å². The lowest BCUT2D eigenvalue weighted by atomic mass is 10.1. The molecule has 6 rings (SSSR count). The minimum atomic E-state index is -0.605. The molecule has 0 saturated heterocycles. The van der Waals surface area contributed by atoms with Gasteiger partial charge in [-0.1, -0.05) is 36.3 Å². The quantitative estimate of drug-likeness (QED) is 0.350. The average Bonchev–Trinajstić information content (AvgIpc) is 3.53. The summed E-state index contributed by atoms with van der Waals surface area (Å²) in [6, 6.07) is 21.4. The van der Waals surface area contributed by atoms with Crippen molar-refractivity contribution in [1.29, 1.82) is 0 Å². The zero-order valence-corrected chi connectivity index (χ0v) is 22.2. The molecule has 1 atom stereocenters. The zero-order valence-electron chi connectivity index (χ0n) is 22.2. The maximum atomic E-state index is 14.1. The molecule has 0 aliphatic rings. The van der Waals surface area contributed by atoms with Gasteiger partial charge in [0, 0.05) is 25.0 Å². The largest absolute Gasteiger partial charge is 0.342 e. The van der Waals surface area contributed by atoms with Gasteiger partial charge in [0.05, 0.1) is 39.4 Å². The summed E-state index contributed by atoms with van der Waals surface area (Å²) < 4.78 is 4.90. The number of fused-ring (bicyclic) bond motifs is 2. The van der Waals surface area contributed by atoms with Crippen LogP contribution in [0.1, 0.15) is 46.1 Å².